The van der Waals surface area contributed by atoms with E-state index in [4.69, 9.17) is 9.47 Å². The van der Waals surface area contributed by atoms with Crippen molar-refractivity contribution in [3.05, 3.63) is 24.3 Å². The van der Waals surface area contributed by atoms with Crippen LogP contribution in [0.5, 0.6) is 0 Å². The molecule has 354 valence electrons. The molecule has 1 amide bonds. The van der Waals surface area contributed by atoms with Gasteiger partial charge in [-0.2, -0.15) is 8.42 Å². The van der Waals surface area contributed by atoms with E-state index in [0.717, 1.165) is 64.2 Å². The molecule has 60 heavy (non-hydrogen) atoms. The lowest BCUT2D eigenvalue weighted by atomic mass is 9.99. The van der Waals surface area contributed by atoms with E-state index in [-0.39, 0.29) is 6.42 Å². The van der Waals surface area contributed by atoms with E-state index in [9.17, 15) is 43.3 Å². The first-order valence-corrected chi connectivity index (χ1v) is 25.2. The van der Waals surface area contributed by atoms with Crippen molar-refractivity contribution in [3.8, 4) is 0 Å². The maximum atomic E-state index is 13.1. The maximum Gasteiger partial charge on any atom is 0.397 e. The molecular weight excluding hydrogens is 791 g/mol. The van der Waals surface area contributed by atoms with Gasteiger partial charge in [-0.1, -0.05) is 179 Å². The Morgan fingerprint density at radius 3 is 1.57 bits per heavy atom. The quantitative estimate of drug-likeness (QED) is 0.0176. The summed E-state index contributed by atoms with van der Waals surface area (Å²) in [5.74, 6) is -0.707. The summed E-state index contributed by atoms with van der Waals surface area (Å²) in [7, 11) is -5.12. The Balaban J connectivity index is 2.58. The van der Waals surface area contributed by atoms with Gasteiger partial charge in [0.25, 0.3) is 0 Å². The molecule has 1 aliphatic heterocycles. The van der Waals surface area contributed by atoms with E-state index < -0.39 is 78.5 Å². The first-order valence-electron chi connectivity index (χ1n) is 23.8. The summed E-state index contributed by atoms with van der Waals surface area (Å²) in [5.41, 5.74) is 0. The second-order valence-corrected chi connectivity index (χ2v) is 17.9. The van der Waals surface area contributed by atoms with Gasteiger partial charge in [0.1, 0.15) is 30.5 Å². The molecule has 1 saturated heterocycles. The molecule has 0 aromatic carbocycles. The van der Waals surface area contributed by atoms with Crippen molar-refractivity contribution < 1.29 is 57.0 Å². The number of allylic oxidation sites excluding steroid dienone is 3. The highest BCUT2D eigenvalue weighted by atomic mass is 32.3. The number of carbonyl (C=O) groups excluding carboxylic acids is 1. The van der Waals surface area contributed by atoms with E-state index in [1.165, 1.54) is 109 Å². The third-order valence-corrected chi connectivity index (χ3v) is 11.8. The fraction of sp³-hybridized carbons (Fsp3) is 0.891. The van der Waals surface area contributed by atoms with E-state index in [1.807, 2.05) is 6.08 Å². The zero-order valence-corrected chi connectivity index (χ0v) is 38.2. The Morgan fingerprint density at radius 2 is 1.10 bits per heavy atom. The van der Waals surface area contributed by atoms with Crippen molar-refractivity contribution in [2.24, 2.45) is 0 Å². The fourth-order valence-corrected chi connectivity index (χ4v) is 8.02. The zero-order chi connectivity index (χ0) is 44.3. The molecule has 0 aromatic heterocycles. The van der Waals surface area contributed by atoms with Gasteiger partial charge in [-0.25, -0.2) is 4.18 Å². The first-order chi connectivity index (χ1) is 28.9. The van der Waals surface area contributed by atoms with Crippen molar-refractivity contribution >= 4 is 16.3 Å². The molecule has 1 fully saturated rings. The monoisotopic (exact) mass is 878 g/mol. The highest BCUT2D eigenvalue weighted by molar-refractivity contribution is 7.80. The third-order valence-electron chi connectivity index (χ3n) is 11.3. The highest BCUT2D eigenvalue weighted by Gasteiger charge is 2.48. The lowest BCUT2D eigenvalue weighted by Gasteiger charge is -2.41. The molecule has 0 bridgehead atoms. The van der Waals surface area contributed by atoms with Crippen LogP contribution in [0.1, 0.15) is 200 Å². The van der Waals surface area contributed by atoms with Gasteiger partial charge in [0.2, 0.25) is 5.91 Å². The third kappa shape index (κ3) is 29.0. The van der Waals surface area contributed by atoms with Crippen molar-refractivity contribution in [2.75, 3.05) is 13.2 Å². The number of aliphatic hydroxyl groups is 5. The van der Waals surface area contributed by atoms with Crippen LogP contribution in [-0.4, -0.2) is 107 Å². The Bertz CT molecular complexity index is 1190. The summed E-state index contributed by atoms with van der Waals surface area (Å²) < 4.78 is 47.5. The topological polar surface area (TPSA) is 212 Å². The van der Waals surface area contributed by atoms with Gasteiger partial charge in [-0.3, -0.25) is 9.35 Å². The smallest absolute Gasteiger partial charge is 0.394 e. The number of unbranched alkanes of at least 4 members (excludes halogenated alkanes) is 25. The summed E-state index contributed by atoms with van der Waals surface area (Å²) in [6.45, 7) is 3.20. The van der Waals surface area contributed by atoms with Crippen LogP contribution in [0.25, 0.3) is 0 Å². The minimum atomic E-state index is -5.12. The number of ether oxygens (including phenoxy) is 2. The Hall–Kier alpha value is -1.46. The molecule has 0 spiro atoms. The molecular formula is C46H87NO12S. The predicted molar refractivity (Wildman–Crippen MR) is 238 cm³/mol. The number of hydrogen-bond donors (Lipinski definition) is 7. The standard InChI is InChI=1S/C46H87NO12S/c1-3-5-7-9-11-13-15-17-19-20-21-23-24-26-28-30-32-34-39(49)38(37-57-46-43(52)44(59-60(54,55)56)42(51)41(36-48)58-46)47-45(53)40(50)35-33-31-29-27-25-22-18-16-14-12-10-8-6-4-2/h14,16,32,34,38-44,46,48-52H,3-13,15,17-31,33,35-37H2,1-2H3,(H,47,53)(H,54,55,56)/b16-14-,34-32+. The number of nitrogens with one attached hydrogen (secondary N) is 1. The van der Waals surface area contributed by atoms with Crippen molar-refractivity contribution in [1.82, 2.24) is 5.32 Å². The van der Waals surface area contributed by atoms with Crippen LogP contribution in [0.3, 0.4) is 0 Å². The first kappa shape index (κ1) is 56.6. The number of carbonyl (C=O) groups is 1. The maximum absolute atomic E-state index is 13.1. The number of hydrogen-bond acceptors (Lipinski definition) is 11. The van der Waals surface area contributed by atoms with Crippen molar-refractivity contribution in [2.45, 2.75) is 249 Å². The molecule has 8 unspecified atom stereocenters. The SMILES string of the molecule is CCCCCC/C=C\CCCCCCCCC(O)C(=O)NC(COC1OC(CO)C(O)C(OS(=O)(=O)O)C1O)C(O)/C=C/CCCCCCCCCCCCCCCCC. The van der Waals surface area contributed by atoms with E-state index in [2.05, 4.69) is 35.5 Å². The van der Waals surface area contributed by atoms with Gasteiger partial charge in [0.05, 0.1) is 25.4 Å². The Morgan fingerprint density at radius 1 is 0.667 bits per heavy atom. The summed E-state index contributed by atoms with van der Waals surface area (Å²) >= 11 is 0. The fourth-order valence-electron chi connectivity index (χ4n) is 7.51. The molecule has 0 aromatic rings. The molecule has 1 heterocycles. The normalized spacial score (nSPS) is 21.5. The van der Waals surface area contributed by atoms with E-state index >= 15 is 0 Å². The van der Waals surface area contributed by atoms with E-state index in [1.54, 1.807) is 0 Å². The lowest BCUT2D eigenvalue weighted by Crippen LogP contribution is -2.61. The average molecular weight is 878 g/mol. The molecule has 8 atom stereocenters. The molecule has 14 heteroatoms. The Labute approximate surface area is 364 Å². The number of aliphatic hydroxyl groups excluding tert-OH is 5. The molecule has 13 nitrogen and oxygen atoms in total. The molecule has 0 saturated carbocycles. The van der Waals surface area contributed by atoms with Gasteiger partial charge in [0, 0.05) is 0 Å². The van der Waals surface area contributed by atoms with Crippen LogP contribution >= 0.6 is 0 Å². The second-order valence-electron chi connectivity index (χ2n) is 16.8. The van der Waals surface area contributed by atoms with Crippen molar-refractivity contribution in [3.63, 3.8) is 0 Å². The summed E-state index contributed by atoms with van der Waals surface area (Å²) in [4.78, 5) is 13.1. The molecule has 0 radical (unpaired) electrons. The molecule has 1 rings (SSSR count). The van der Waals surface area contributed by atoms with Gasteiger partial charge in [-0.05, 0) is 44.9 Å². The zero-order valence-electron chi connectivity index (χ0n) is 37.4. The van der Waals surface area contributed by atoms with Crippen LogP contribution in [0.2, 0.25) is 0 Å². The van der Waals surface area contributed by atoms with Crippen LogP contribution < -0.4 is 5.32 Å². The average Bonchev–Trinajstić information content (AvgIpc) is 3.22. The van der Waals surface area contributed by atoms with Crippen molar-refractivity contribution in [1.29, 1.82) is 0 Å². The largest absolute Gasteiger partial charge is 0.397 e. The highest BCUT2D eigenvalue weighted by Crippen LogP contribution is 2.26. The summed E-state index contributed by atoms with van der Waals surface area (Å²) in [6, 6.07) is -1.12. The van der Waals surface area contributed by atoms with Crippen LogP contribution in [0.4, 0.5) is 0 Å². The van der Waals surface area contributed by atoms with Gasteiger partial charge >= 0.3 is 10.4 Å². The van der Waals surface area contributed by atoms with Crippen LogP contribution in [-0.2, 0) is 28.9 Å². The van der Waals surface area contributed by atoms with Gasteiger partial charge in [-0.15, -0.1) is 0 Å². The molecule has 7 N–H and O–H groups in total. The predicted octanol–water partition coefficient (Wildman–Crippen LogP) is 8.30. The Kier molecular flexibility index (Phi) is 34.8. The summed E-state index contributed by atoms with van der Waals surface area (Å²) in [5, 5.41) is 55.2. The second kappa shape index (κ2) is 37.0. The van der Waals surface area contributed by atoms with Gasteiger partial charge < -0.3 is 40.3 Å². The summed E-state index contributed by atoms with van der Waals surface area (Å²) in [6.07, 6.45) is 29.7. The number of rotatable bonds is 40. The lowest BCUT2D eigenvalue weighted by molar-refractivity contribution is -0.298. The van der Waals surface area contributed by atoms with Crippen LogP contribution in [0, 0.1) is 0 Å². The molecule has 0 aliphatic carbocycles. The van der Waals surface area contributed by atoms with E-state index in [0.29, 0.717) is 12.8 Å². The minimum absolute atomic E-state index is 0.237. The minimum Gasteiger partial charge on any atom is -0.394 e. The van der Waals surface area contributed by atoms with Gasteiger partial charge in [0.15, 0.2) is 6.29 Å². The van der Waals surface area contributed by atoms with Crippen LogP contribution in [0.15, 0.2) is 24.3 Å². The molecule has 1 aliphatic rings. The number of amides is 1.